The summed E-state index contributed by atoms with van der Waals surface area (Å²) in [4.78, 5) is 17.7. The summed E-state index contributed by atoms with van der Waals surface area (Å²) in [6, 6.07) is 2.98. The molecular formula is C15H22N2O4S. The third-order valence-electron chi connectivity index (χ3n) is 3.45. The number of ether oxygens (including phenoxy) is 1. The molecule has 1 amide bonds. The van der Waals surface area contributed by atoms with E-state index in [4.69, 9.17) is 4.74 Å². The van der Waals surface area contributed by atoms with Crippen LogP contribution in [0.3, 0.4) is 0 Å². The predicted octanol–water partition coefficient (Wildman–Crippen LogP) is 2.25. The maximum absolute atomic E-state index is 12.6. The van der Waals surface area contributed by atoms with E-state index in [2.05, 4.69) is 4.98 Å². The first-order valence-corrected chi connectivity index (χ1v) is 8.86. The van der Waals surface area contributed by atoms with E-state index < -0.39 is 26.8 Å². The highest BCUT2D eigenvalue weighted by Gasteiger charge is 2.35. The van der Waals surface area contributed by atoms with Gasteiger partial charge in [-0.05, 0) is 45.7 Å². The quantitative estimate of drug-likeness (QED) is 0.833. The number of carbonyl (C=O) groups excluding carboxylic acids is 1. The number of hydrogen-bond donors (Lipinski definition) is 0. The fourth-order valence-corrected chi connectivity index (χ4v) is 4.14. The fourth-order valence-electron chi connectivity index (χ4n) is 2.40. The van der Waals surface area contributed by atoms with Crippen LogP contribution in [0.2, 0.25) is 0 Å². The minimum atomic E-state index is -3.46. The van der Waals surface area contributed by atoms with Crippen LogP contribution in [-0.4, -0.2) is 48.3 Å². The van der Waals surface area contributed by atoms with E-state index in [0.717, 1.165) is 0 Å². The van der Waals surface area contributed by atoms with Crippen molar-refractivity contribution >= 4 is 15.9 Å². The molecule has 0 radical (unpaired) electrons. The van der Waals surface area contributed by atoms with E-state index in [0.29, 0.717) is 19.4 Å². The molecule has 0 saturated carbocycles. The zero-order valence-corrected chi connectivity index (χ0v) is 14.0. The molecule has 1 atom stereocenters. The Morgan fingerprint density at radius 1 is 1.32 bits per heavy atom. The van der Waals surface area contributed by atoms with Gasteiger partial charge in [0, 0.05) is 25.5 Å². The topological polar surface area (TPSA) is 76.6 Å². The van der Waals surface area contributed by atoms with Crippen molar-refractivity contribution in [3.05, 3.63) is 24.5 Å². The molecule has 6 nitrogen and oxygen atoms in total. The molecule has 22 heavy (non-hydrogen) atoms. The van der Waals surface area contributed by atoms with Gasteiger partial charge in [-0.3, -0.25) is 4.98 Å². The van der Waals surface area contributed by atoms with Gasteiger partial charge in [0.15, 0.2) is 9.84 Å². The van der Waals surface area contributed by atoms with Crippen LogP contribution in [0.15, 0.2) is 29.4 Å². The van der Waals surface area contributed by atoms with Gasteiger partial charge < -0.3 is 9.64 Å². The van der Waals surface area contributed by atoms with Gasteiger partial charge in [0.05, 0.1) is 10.1 Å². The second-order valence-corrected chi connectivity index (χ2v) is 8.65. The van der Waals surface area contributed by atoms with Gasteiger partial charge in [0.25, 0.3) is 0 Å². The molecule has 0 N–H and O–H groups in total. The van der Waals surface area contributed by atoms with Crippen LogP contribution in [0.4, 0.5) is 4.79 Å². The Kier molecular flexibility index (Phi) is 4.75. The third-order valence-corrected chi connectivity index (χ3v) is 5.64. The van der Waals surface area contributed by atoms with Gasteiger partial charge >= 0.3 is 6.09 Å². The highest BCUT2D eigenvalue weighted by atomic mass is 32.2. The second kappa shape index (κ2) is 6.24. The van der Waals surface area contributed by atoms with Crippen LogP contribution in [-0.2, 0) is 14.6 Å². The molecule has 2 heterocycles. The largest absolute Gasteiger partial charge is 0.444 e. The number of nitrogens with zero attached hydrogens (tertiary/aromatic N) is 2. The number of amides is 1. The molecule has 1 aliphatic rings. The summed E-state index contributed by atoms with van der Waals surface area (Å²) >= 11 is 0. The average Bonchev–Trinajstić information content (AvgIpc) is 2.46. The van der Waals surface area contributed by atoms with Gasteiger partial charge in [0.2, 0.25) is 0 Å². The van der Waals surface area contributed by atoms with Crippen molar-refractivity contribution in [2.24, 2.45) is 0 Å². The molecule has 7 heteroatoms. The summed E-state index contributed by atoms with van der Waals surface area (Å²) in [5, 5.41) is -0.601. The maximum Gasteiger partial charge on any atom is 0.410 e. The number of rotatable bonds is 2. The Morgan fingerprint density at radius 3 is 2.55 bits per heavy atom. The molecule has 0 aliphatic carbocycles. The molecule has 1 aromatic rings. The lowest BCUT2D eigenvalue weighted by Gasteiger charge is -2.33. The van der Waals surface area contributed by atoms with Crippen LogP contribution in [0.5, 0.6) is 0 Å². The van der Waals surface area contributed by atoms with Crippen LogP contribution >= 0.6 is 0 Å². The fraction of sp³-hybridized carbons (Fsp3) is 0.600. The Labute approximate surface area is 131 Å². The molecule has 122 valence electrons. The van der Waals surface area contributed by atoms with Crippen LogP contribution in [0, 0.1) is 0 Å². The Balaban J connectivity index is 2.12. The second-order valence-electron chi connectivity index (χ2n) is 6.42. The minimum absolute atomic E-state index is 0.166. The predicted molar refractivity (Wildman–Crippen MR) is 82.3 cm³/mol. The van der Waals surface area contributed by atoms with Crippen molar-refractivity contribution in [1.29, 1.82) is 0 Å². The third kappa shape index (κ3) is 3.97. The van der Waals surface area contributed by atoms with Gasteiger partial charge in [-0.2, -0.15) is 0 Å². The summed E-state index contributed by atoms with van der Waals surface area (Å²) in [6.45, 7) is 6.07. The van der Waals surface area contributed by atoms with E-state index in [1.807, 2.05) is 0 Å². The molecule has 1 aliphatic heterocycles. The van der Waals surface area contributed by atoms with Gasteiger partial charge in [0.1, 0.15) is 5.60 Å². The molecule has 0 bridgehead atoms. The molecular weight excluding hydrogens is 304 g/mol. The van der Waals surface area contributed by atoms with E-state index in [1.165, 1.54) is 29.4 Å². The van der Waals surface area contributed by atoms with Crippen molar-refractivity contribution in [3.63, 3.8) is 0 Å². The zero-order chi connectivity index (χ0) is 16.4. The van der Waals surface area contributed by atoms with Gasteiger partial charge in [-0.15, -0.1) is 0 Å². The number of aromatic nitrogens is 1. The SMILES string of the molecule is CC(C)(C)OC(=O)N1CCC[C@@H](S(=O)(=O)c2ccncc2)C1. The summed E-state index contributed by atoms with van der Waals surface area (Å²) < 4.78 is 30.6. The Bertz CT molecular complexity index is 623. The van der Waals surface area contributed by atoms with Crippen LogP contribution < -0.4 is 0 Å². The number of sulfone groups is 1. The Morgan fingerprint density at radius 2 is 1.95 bits per heavy atom. The van der Waals surface area contributed by atoms with Crippen molar-refractivity contribution in [3.8, 4) is 0 Å². The molecule has 0 unspecified atom stereocenters. The highest BCUT2D eigenvalue weighted by molar-refractivity contribution is 7.92. The summed E-state index contributed by atoms with van der Waals surface area (Å²) in [6.07, 6.45) is 3.66. The molecule has 2 rings (SSSR count). The molecule has 1 saturated heterocycles. The van der Waals surface area contributed by atoms with E-state index >= 15 is 0 Å². The monoisotopic (exact) mass is 326 g/mol. The van der Waals surface area contributed by atoms with Gasteiger partial charge in [-0.25, -0.2) is 13.2 Å². The minimum Gasteiger partial charge on any atom is -0.444 e. The highest BCUT2D eigenvalue weighted by Crippen LogP contribution is 2.24. The standard InChI is InChI=1S/C15H22N2O4S/c1-15(2,3)21-14(18)17-10-4-5-13(11-17)22(19,20)12-6-8-16-9-7-12/h6-9,13H,4-5,10-11H2,1-3H3/t13-/m1/s1. The normalized spacial score (nSPS) is 19.8. The maximum atomic E-state index is 12.6. The molecule has 0 aromatic carbocycles. The summed E-state index contributed by atoms with van der Waals surface area (Å²) in [7, 11) is -3.46. The van der Waals surface area contributed by atoms with E-state index in [9.17, 15) is 13.2 Å². The first kappa shape index (κ1) is 16.7. The number of carbonyl (C=O) groups is 1. The van der Waals surface area contributed by atoms with Crippen molar-refractivity contribution in [1.82, 2.24) is 9.88 Å². The van der Waals surface area contributed by atoms with Crippen molar-refractivity contribution in [2.45, 2.75) is 49.4 Å². The smallest absolute Gasteiger partial charge is 0.410 e. The number of pyridine rings is 1. The lowest BCUT2D eigenvalue weighted by Crippen LogP contribution is -2.47. The lowest BCUT2D eigenvalue weighted by atomic mass is 10.1. The molecule has 1 aromatic heterocycles. The number of hydrogen-bond acceptors (Lipinski definition) is 5. The first-order chi connectivity index (χ1) is 10.2. The van der Waals surface area contributed by atoms with Gasteiger partial charge in [-0.1, -0.05) is 0 Å². The van der Waals surface area contributed by atoms with E-state index in [-0.39, 0.29) is 11.4 Å². The Hall–Kier alpha value is -1.63. The number of piperidine rings is 1. The van der Waals surface area contributed by atoms with Crippen LogP contribution in [0.25, 0.3) is 0 Å². The lowest BCUT2D eigenvalue weighted by molar-refractivity contribution is 0.0219. The summed E-state index contributed by atoms with van der Waals surface area (Å²) in [5.74, 6) is 0. The average molecular weight is 326 g/mol. The van der Waals surface area contributed by atoms with Crippen molar-refractivity contribution in [2.75, 3.05) is 13.1 Å². The zero-order valence-electron chi connectivity index (χ0n) is 13.2. The number of likely N-dealkylation sites (tertiary alicyclic amines) is 1. The van der Waals surface area contributed by atoms with E-state index in [1.54, 1.807) is 20.8 Å². The summed E-state index contributed by atoms with van der Waals surface area (Å²) in [5.41, 5.74) is -0.589. The molecule has 0 spiro atoms. The van der Waals surface area contributed by atoms with Crippen molar-refractivity contribution < 1.29 is 17.9 Å². The molecule has 1 fully saturated rings. The van der Waals surface area contributed by atoms with Crippen LogP contribution in [0.1, 0.15) is 33.6 Å². The first-order valence-electron chi connectivity index (χ1n) is 7.32.